The van der Waals surface area contributed by atoms with Gasteiger partial charge >= 0.3 is 0 Å². The van der Waals surface area contributed by atoms with Gasteiger partial charge in [-0.1, -0.05) is 285 Å². The lowest BCUT2D eigenvalue weighted by Crippen LogP contribution is -2.62. The van der Waals surface area contributed by atoms with Crippen molar-refractivity contribution in [1.29, 1.82) is 0 Å². The lowest BCUT2D eigenvalue weighted by Gasteiger charge is -2.46. The highest BCUT2D eigenvalue weighted by atomic mass is 15.2. The van der Waals surface area contributed by atoms with Gasteiger partial charge in [-0.3, -0.25) is 0 Å². The Labute approximate surface area is 557 Å². The van der Waals surface area contributed by atoms with Crippen molar-refractivity contribution in [2.45, 2.75) is 10.8 Å². The topological polar surface area (TPSA) is 11.4 Å². The number of nitrogens with zero attached hydrogens (tertiary/aromatic N) is 3. The van der Waals surface area contributed by atoms with Gasteiger partial charge in [0.25, 0.3) is 6.71 Å². The van der Waals surface area contributed by atoms with E-state index >= 15 is 0 Å². The van der Waals surface area contributed by atoms with Crippen molar-refractivity contribution in [2.75, 3.05) is 9.80 Å². The predicted octanol–water partition coefficient (Wildman–Crippen LogP) is 20.9. The summed E-state index contributed by atoms with van der Waals surface area (Å²) in [5.74, 6) is 0. The van der Waals surface area contributed by atoms with Crippen LogP contribution in [0.3, 0.4) is 0 Å². The first-order valence-corrected chi connectivity index (χ1v) is 33.7. The molecule has 442 valence electrons. The fourth-order valence-electron chi connectivity index (χ4n) is 19.0. The molecule has 0 saturated heterocycles. The molecule has 16 aromatic rings. The largest absolute Gasteiger partial charge is 0.311 e. The highest BCUT2D eigenvalue weighted by Crippen LogP contribution is 2.67. The molecule has 3 nitrogen and oxygen atoms in total. The molecule has 0 unspecified atom stereocenters. The summed E-state index contributed by atoms with van der Waals surface area (Å²) in [4.78, 5) is 5.37. The van der Waals surface area contributed by atoms with Gasteiger partial charge in [-0.05, 0) is 177 Å². The lowest BCUT2D eigenvalue weighted by molar-refractivity contribution is 0.792. The molecular formula is C92H56BN3. The van der Waals surface area contributed by atoms with Crippen molar-refractivity contribution in [3.8, 4) is 72.4 Å². The SMILES string of the molecule is c1ccc(-c2ccc(N3c4ccc(-c5ccccc5)cc4B4c5ccc6c(c5N(c5ccc7c(c5)-c5ccccc5C75c7ccccc7-c7ccccc75)c5cc(-n7c8ccccc8c8ccccc87)cc3c54)C3(c4ccccc4-c4ccccc43)c3ccccc3-6)cc2)cc1. The highest BCUT2D eigenvalue weighted by Gasteiger charge is 2.57. The van der Waals surface area contributed by atoms with E-state index in [0.29, 0.717) is 0 Å². The fourth-order valence-corrected chi connectivity index (χ4v) is 19.0. The molecule has 22 rings (SSSR count). The fraction of sp³-hybridized carbons (Fsp3) is 0.0217. The average molecular weight is 1210 g/mol. The zero-order valence-electron chi connectivity index (χ0n) is 52.3. The smallest absolute Gasteiger partial charge is 0.252 e. The number of hydrogen-bond donors (Lipinski definition) is 0. The van der Waals surface area contributed by atoms with Crippen LogP contribution < -0.4 is 26.2 Å². The standard InChI is InChI=1S/C92H56BN3/c1-3-23-57(24-4-1)59-43-46-61(47-44-59)94-85-52-45-60(58-25-5-2-6-26-58)53-82(85)93-81-51-49-72-68-31-11-20-40-79(68)92(77-38-18-9-29-66(77)67-30-10-19-39-78(67)92)88(72)90(81)96(87-56-63(55-86(94)89(87)93)95-83-41-21-13-33-70(83)71-34-14-22-42-84(71)95)62-48-50-80-73(54-62)69-32-12-17-37-76(69)91(80)74-35-15-7-27-64(74)65-28-8-16-36-75(65)91/h1-56H. The van der Waals surface area contributed by atoms with Crippen LogP contribution in [0, 0.1) is 0 Å². The third-order valence-corrected chi connectivity index (χ3v) is 22.6. The van der Waals surface area contributed by atoms with E-state index in [1.807, 2.05) is 0 Å². The van der Waals surface area contributed by atoms with E-state index in [1.165, 1.54) is 155 Å². The van der Waals surface area contributed by atoms with Gasteiger partial charge in [0.1, 0.15) is 0 Å². The summed E-state index contributed by atoms with van der Waals surface area (Å²) in [7, 11) is 0. The van der Waals surface area contributed by atoms with Gasteiger partial charge < -0.3 is 14.4 Å². The van der Waals surface area contributed by atoms with Gasteiger partial charge in [0, 0.05) is 50.5 Å². The Hall–Kier alpha value is -12.2. The molecule has 4 aliphatic carbocycles. The van der Waals surface area contributed by atoms with Crippen molar-refractivity contribution in [3.05, 3.63) is 384 Å². The molecule has 2 spiro atoms. The summed E-state index contributed by atoms with van der Waals surface area (Å²) in [6, 6.07) is 130. The zero-order valence-corrected chi connectivity index (χ0v) is 52.3. The van der Waals surface area contributed by atoms with Crippen molar-refractivity contribution in [1.82, 2.24) is 4.57 Å². The molecule has 6 aliphatic rings. The Bertz CT molecular complexity index is 5900. The molecule has 15 aromatic carbocycles. The van der Waals surface area contributed by atoms with E-state index in [0.717, 1.165) is 34.1 Å². The first kappa shape index (κ1) is 52.3. The van der Waals surface area contributed by atoms with E-state index in [2.05, 4.69) is 354 Å². The van der Waals surface area contributed by atoms with Crippen LogP contribution in [0.5, 0.6) is 0 Å². The maximum absolute atomic E-state index is 2.77. The summed E-state index contributed by atoms with van der Waals surface area (Å²) >= 11 is 0. The maximum Gasteiger partial charge on any atom is 0.252 e. The van der Waals surface area contributed by atoms with Gasteiger partial charge in [0.15, 0.2) is 0 Å². The summed E-state index contributed by atoms with van der Waals surface area (Å²) in [6.07, 6.45) is 0. The van der Waals surface area contributed by atoms with Crippen LogP contribution in [0.15, 0.2) is 340 Å². The van der Waals surface area contributed by atoms with Gasteiger partial charge in [0.2, 0.25) is 0 Å². The minimum Gasteiger partial charge on any atom is -0.311 e. The van der Waals surface area contributed by atoms with Crippen LogP contribution in [0.1, 0.15) is 44.5 Å². The van der Waals surface area contributed by atoms with Gasteiger partial charge in [-0.25, -0.2) is 0 Å². The number of para-hydroxylation sites is 2. The van der Waals surface area contributed by atoms with Crippen LogP contribution in [-0.2, 0) is 10.8 Å². The molecular weight excluding hydrogens is 1160 g/mol. The number of anilines is 6. The first-order valence-electron chi connectivity index (χ1n) is 33.7. The Morgan fingerprint density at radius 1 is 0.240 bits per heavy atom. The van der Waals surface area contributed by atoms with Crippen molar-refractivity contribution in [3.63, 3.8) is 0 Å². The molecule has 0 radical (unpaired) electrons. The number of hydrogen-bond acceptors (Lipinski definition) is 2. The second-order valence-electron chi connectivity index (χ2n) is 26.9. The number of fused-ring (bicyclic) bond motifs is 28. The second kappa shape index (κ2) is 19.2. The summed E-state index contributed by atoms with van der Waals surface area (Å²) in [6.45, 7) is -0.213. The third kappa shape index (κ3) is 6.58. The summed E-state index contributed by atoms with van der Waals surface area (Å²) < 4.78 is 2.54. The van der Waals surface area contributed by atoms with Crippen molar-refractivity contribution >= 4 is 79.0 Å². The van der Waals surface area contributed by atoms with Gasteiger partial charge in [-0.15, -0.1) is 0 Å². The zero-order chi connectivity index (χ0) is 62.5. The van der Waals surface area contributed by atoms with Gasteiger partial charge in [-0.2, -0.15) is 0 Å². The van der Waals surface area contributed by atoms with Crippen LogP contribution in [-0.4, -0.2) is 11.3 Å². The molecule has 0 amide bonds. The van der Waals surface area contributed by atoms with Crippen molar-refractivity contribution < 1.29 is 0 Å². The third-order valence-electron chi connectivity index (χ3n) is 22.6. The number of aromatic nitrogens is 1. The molecule has 0 atom stereocenters. The molecule has 0 saturated carbocycles. The van der Waals surface area contributed by atoms with E-state index in [-0.39, 0.29) is 6.71 Å². The maximum atomic E-state index is 2.77. The summed E-state index contributed by atoms with van der Waals surface area (Å²) in [5.41, 5.74) is 38.5. The molecule has 2 aliphatic heterocycles. The normalized spacial score (nSPS) is 14.4. The lowest BCUT2D eigenvalue weighted by atomic mass is 9.33. The minimum absolute atomic E-state index is 0.213. The van der Waals surface area contributed by atoms with Crippen LogP contribution >= 0.6 is 0 Å². The monoisotopic (exact) mass is 1210 g/mol. The van der Waals surface area contributed by atoms with E-state index in [1.54, 1.807) is 0 Å². The average Bonchev–Trinajstić information content (AvgIpc) is 1.50. The second-order valence-corrected chi connectivity index (χ2v) is 26.9. The molecule has 0 fully saturated rings. The molecule has 0 N–H and O–H groups in total. The van der Waals surface area contributed by atoms with E-state index < -0.39 is 10.8 Å². The number of rotatable bonds is 5. The Morgan fingerprint density at radius 3 is 1.21 bits per heavy atom. The molecule has 0 bridgehead atoms. The van der Waals surface area contributed by atoms with Crippen LogP contribution in [0.2, 0.25) is 0 Å². The molecule has 96 heavy (non-hydrogen) atoms. The Balaban J connectivity index is 0.911. The van der Waals surface area contributed by atoms with E-state index in [4.69, 9.17) is 0 Å². The molecule has 4 heteroatoms. The highest BCUT2D eigenvalue weighted by molar-refractivity contribution is 7.00. The predicted molar refractivity (Wildman–Crippen MR) is 398 cm³/mol. The van der Waals surface area contributed by atoms with Gasteiger partial charge in [0.05, 0.1) is 27.6 Å². The Morgan fingerprint density at radius 2 is 0.656 bits per heavy atom. The van der Waals surface area contributed by atoms with E-state index in [9.17, 15) is 0 Å². The quantitative estimate of drug-likeness (QED) is 0.159. The molecule has 3 heterocycles. The number of benzene rings is 15. The van der Waals surface area contributed by atoms with Crippen molar-refractivity contribution in [2.24, 2.45) is 0 Å². The van der Waals surface area contributed by atoms with Crippen LogP contribution in [0.4, 0.5) is 34.1 Å². The molecule has 1 aromatic heterocycles. The Kier molecular flexibility index (Phi) is 10.5. The first-order chi connectivity index (χ1) is 47.7. The van der Waals surface area contributed by atoms with Crippen LogP contribution in [0.25, 0.3) is 94.3 Å². The summed E-state index contributed by atoms with van der Waals surface area (Å²) in [5, 5.41) is 2.45. The minimum atomic E-state index is -0.686.